The smallest absolute Gasteiger partial charge is 0.261 e. The minimum absolute atomic E-state index is 0.0238. The molecule has 0 amide bonds. The van der Waals surface area contributed by atoms with Crippen molar-refractivity contribution in [1.82, 2.24) is 9.55 Å². The largest absolute Gasteiger partial charge is 0.354 e. The number of sulfonamides is 1. The van der Waals surface area contributed by atoms with E-state index in [2.05, 4.69) is 25.6 Å². The molecule has 0 spiro atoms. The van der Waals surface area contributed by atoms with Gasteiger partial charge in [-0.05, 0) is 58.4 Å². The van der Waals surface area contributed by atoms with Gasteiger partial charge < -0.3 is 0 Å². The number of aromatic nitrogens is 2. The zero-order valence-electron chi connectivity index (χ0n) is 16.8. The highest BCUT2D eigenvalue weighted by Crippen LogP contribution is 2.39. The summed E-state index contributed by atoms with van der Waals surface area (Å²) in [5.74, 6) is 0.459. The normalized spacial score (nSPS) is 12.5. The molecule has 2 aliphatic heterocycles. The second-order valence-electron chi connectivity index (χ2n) is 7.33. The summed E-state index contributed by atoms with van der Waals surface area (Å²) in [4.78, 5) is 17.5. The summed E-state index contributed by atoms with van der Waals surface area (Å²) < 4.78 is 44.9. The molecule has 0 atom stereocenters. The lowest BCUT2D eigenvalue weighted by molar-refractivity contribution is 0.212. The lowest BCUT2D eigenvalue weighted by Crippen LogP contribution is -2.17. The number of imidazole rings is 1. The molecule has 1 N–H and O–H groups in total. The van der Waals surface area contributed by atoms with E-state index < -0.39 is 21.4 Å². The molecule has 2 aliphatic rings. The van der Waals surface area contributed by atoms with Crippen LogP contribution in [0, 0.1) is 13.8 Å². The predicted octanol–water partition coefficient (Wildman–Crippen LogP) is 5.14. The molecule has 0 fully saturated rings. The van der Waals surface area contributed by atoms with E-state index in [0.29, 0.717) is 27.8 Å². The molecule has 162 valence electrons. The van der Waals surface area contributed by atoms with Crippen molar-refractivity contribution in [2.24, 2.45) is 0 Å². The van der Waals surface area contributed by atoms with Crippen LogP contribution in [0.4, 0.5) is 10.2 Å². The Balaban J connectivity index is 2.05. The molecule has 2 heterocycles. The Kier molecular flexibility index (Phi) is 6.66. The van der Waals surface area contributed by atoms with E-state index in [1.807, 2.05) is 6.92 Å². The van der Waals surface area contributed by atoms with Crippen LogP contribution in [0.3, 0.4) is 0 Å². The Morgan fingerprint density at radius 3 is 2.50 bits per heavy atom. The second-order valence-corrected chi connectivity index (χ2v) is 12.5. The van der Waals surface area contributed by atoms with E-state index in [1.165, 1.54) is 53.6 Å². The number of hydrogen-bond acceptors (Lipinski definition) is 6. The molecule has 30 heavy (non-hydrogen) atoms. The van der Waals surface area contributed by atoms with Crippen molar-refractivity contribution in [3.05, 3.63) is 49.8 Å². The van der Waals surface area contributed by atoms with Gasteiger partial charge >= 0.3 is 5.69 Å². The lowest BCUT2D eigenvalue weighted by atomic mass is 10.1. The Morgan fingerprint density at radius 2 is 1.90 bits per heavy atom. The lowest BCUT2D eigenvalue weighted by Gasteiger charge is -2.17. The Hall–Kier alpha value is -1.43. The fourth-order valence-corrected chi connectivity index (χ4v) is 6.71. The van der Waals surface area contributed by atoms with E-state index in [9.17, 15) is 17.6 Å². The number of nitrogens with one attached hydrogen (secondary N) is 1. The molecule has 0 saturated carbocycles. The number of halogens is 2. The molecule has 0 aliphatic carbocycles. The van der Waals surface area contributed by atoms with Crippen LogP contribution < -0.4 is 10.4 Å². The van der Waals surface area contributed by atoms with Crippen molar-refractivity contribution >= 4 is 54.9 Å². The van der Waals surface area contributed by atoms with Crippen molar-refractivity contribution in [3.8, 4) is 5.69 Å². The van der Waals surface area contributed by atoms with Crippen LogP contribution in [0.25, 0.3) is 5.69 Å². The summed E-state index contributed by atoms with van der Waals surface area (Å²) >= 11 is 6.10. The number of nitrogens with zero attached hydrogens (tertiary/aromatic N) is 2. The van der Waals surface area contributed by atoms with Gasteiger partial charge in [0.05, 0.1) is 9.10 Å². The van der Waals surface area contributed by atoms with Crippen molar-refractivity contribution in [1.29, 1.82) is 0 Å². The third-order valence-corrected chi connectivity index (χ3v) is 8.75. The van der Waals surface area contributed by atoms with E-state index in [-0.39, 0.29) is 10.7 Å². The number of aryl methyl sites for hydroxylation is 1. The number of fused-ring (bicyclic) bond motifs is 1. The monoisotopic (exact) mass is 533 g/mol. The van der Waals surface area contributed by atoms with Gasteiger partial charge in [-0.1, -0.05) is 15.9 Å². The standard InChI is InChI=1S/C19H21BrFN3O3S3/c1-11-12(2)29-17(28-10-9-19(3,4)21)15-16(22-18(25)24(11)15)23-30(26,27)14-7-5-13(20)6-8-14/h5-8H,9-10H2,1-4H3,(H,22,23,25). The third kappa shape index (κ3) is 5.06. The zero-order chi connectivity index (χ0) is 22.3. The highest BCUT2D eigenvalue weighted by molar-refractivity contribution is 9.10. The topological polar surface area (TPSA) is 81.1 Å². The molecule has 0 radical (unpaired) electrons. The van der Waals surface area contributed by atoms with Gasteiger partial charge in [0.15, 0.2) is 5.82 Å². The van der Waals surface area contributed by atoms with Gasteiger partial charge in [0.25, 0.3) is 10.0 Å². The van der Waals surface area contributed by atoms with Crippen LogP contribution in [-0.2, 0) is 10.0 Å². The average molecular weight is 534 g/mol. The summed E-state index contributed by atoms with van der Waals surface area (Å²) in [6.07, 6.45) is 0.321. The molecule has 0 bridgehead atoms. The molecule has 0 aromatic heterocycles. The highest BCUT2D eigenvalue weighted by atomic mass is 79.9. The number of thioether (sulfide) groups is 1. The molecule has 11 heteroatoms. The van der Waals surface area contributed by atoms with Crippen LogP contribution >= 0.6 is 39.0 Å². The fourth-order valence-electron chi connectivity index (χ4n) is 2.67. The maximum atomic E-state index is 13.9. The number of rotatable bonds is 7. The summed E-state index contributed by atoms with van der Waals surface area (Å²) in [5, 5.41) is 0. The molecule has 3 rings (SSSR count). The van der Waals surface area contributed by atoms with Crippen LogP contribution in [0.2, 0.25) is 0 Å². The van der Waals surface area contributed by atoms with Gasteiger partial charge in [0, 0.05) is 20.8 Å². The first kappa shape index (κ1) is 23.2. The van der Waals surface area contributed by atoms with Gasteiger partial charge in [0.2, 0.25) is 0 Å². The number of anilines is 1. The van der Waals surface area contributed by atoms with E-state index >= 15 is 0 Å². The van der Waals surface area contributed by atoms with Gasteiger partial charge in [0.1, 0.15) is 11.4 Å². The Labute approximate surface area is 191 Å². The predicted molar refractivity (Wildman–Crippen MR) is 124 cm³/mol. The average Bonchev–Trinajstić information content (AvgIpc) is 2.94. The number of benzene rings is 1. The maximum absolute atomic E-state index is 13.9. The highest BCUT2D eigenvalue weighted by Gasteiger charge is 2.27. The van der Waals surface area contributed by atoms with Crippen molar-refractivity contribution < 1.29 is 12.8 Å². The number of hydrogen-bond donors (Lipinski definition) is 1. The van der Waals surface area contributed by atoms with E-state index in [1.54, 1.807) is 19.1 Å². The van der Waals surface area contributed by atoms with Crippen molar-refractivity contribution in [2.45, 2.75) is 48.9 Å². The van der Waals surface area contributed by atoms with E-state index in [4.69, 9.17) is 0 Å². The summed E-state index contributed by atoms with van der Waals surface area (Å²) in [6, 6.07) is 6.16. The molecule has 0 unspecified atom stereocenters. The van der Waals surface area contributed by atoms with Crippen molar-refractivity contribution in [3.63, 3.8) is 0 Å². The Morgan fingerprint density at radius 1 is 1.27 bits per heavy atom. The first-order chi connectivity index (χ1) is 13.9. The SMILES string of the molecule is Cc1sc(SCCC(C)(C)F)c2c(NS(=O)(=O)c3ccc(Br)cc3)nc(=O)n-2c1C. The van der Waals surface area contributed by atoms with Gasteiger partial charge in [-0.15, -0.1) is 23.1 Å². The number of alkyl halides is 1. The summed E-state index contributed by atoms with van der Waals surface area (Å²) in [6.45, 7) is 6.69. The molecule has 0 saturated heterocycles. The second kappa shape index (κ2) is 8.60. The molecule has 1 aromatic carbocycles. The van der Waals surface area contributed by atoms with E-state index in [0.717, 1.165) is 9.35 Å². The first-order valence-electron chi connectivity index (χ1n) is 9.02. The zero-order valence-corrected chi connectivity index (χ0v) is 20.9. The summed E-state index contributed by atoms with van der Waals surface area (Å²) in [5.41, 5.74) is -0.782. The molecular formula is C19H21BrFN3O3S3. The first-order valence-corrected chi connectivity index (χ1v) is 13.1. The van der Waals surface area contributed by atoms with Crippen LogP contribution in [-0.4, -0.2) is 29.4 Å². The minimum atomic E-state index is -3.94. The Bertz CT molecular complexity index is 1200. The molecular weight excluding hydrogens is 513 g/mol. The maximum Gasteiger partial charge on any atom is 0.354 e. The van der Waals surface area contributed by atoms with Crippen LogP contribution in [0.1, 0.15) is 30.8 Å². The molecule has 6 nitrogen and oxygen atoms in total. The third-order valence-electron chi connectivity index (χ3n) is 4.42. The van der Waals surface area contributed by atoms with Gasteiger partial charge in [-0.25, -0.2) is 17.6 Å². The van der Waals surface area contributed by atoms with Crippen LogP contribution in [0.15, 0.2) is 42.6 Å². The van der Waals surface area contributed by atoms with Crippen molar-refractivity contribution in [2.75, 3.05) is 10.5 Å². The van der Waals surface area contributed by atoms with Crippen LogP contribution in [0.5, 0.6) is 0 Å². The minimum Gasteiger partial charge on any atom is -0.261 e. The van der Waals surface area contributed by atoms with Gasteiger partial charge in [-0.3, -0.25) is 9.29 Å². The quantitative estimate of drug-likeness (QED) is 0.425. The summed E-state index contributed by atoms with van der Waals surface area (Å²) in [7, 11) is -3.94. The van der Waals surface area contributed by atoms with Gasteiger partial charge in [-0.2, -0.15) is 4.98 Å². The molecule has 1 aromatic rings. The fraction of sp³-hybridized carbons (Fsp3) is 0.368.